The normalized spacial score (nSPS) is 31.4. The van der Waals surface area contributed by atoms with Crippen LogP contribution in [0.1, 0.15) is 18.4 Å². The fourth-order valence-electron chi connectivity index (χ4n) is 2.81. The lowest BCUT2D eigenvalue weighted by Gasteiger charge is -2.26. The van der Waals surface area contributed by atoms with E-state index in [9.17, 15) is 0 Å². The van der Waals surface area contributed by atoms with E-state index in [2.05, 4.69) is 18.2 Å². The maximum atomic E-state index is 5.76. The van der Waals surface area contributed by atoms with Gasteiger partial charge in [0.2, 0.25) is 0 Å². The molecule has 1 aliphatic heterocycles. The summed E-state index contributed by atoms with van der Waals surface area (Å²) in [6.07, 6.45) is 2.40. The fourth-order valence-corrected chi connectivity index (χ4v) is 2.81. The van der Waals surface area contributed by atoms with Gasteiger partial charge in [-0.2, -0.15) is 0 Å². The van der Waals surface area contributed by atoms with Crippen molar-refractivity contribution in [2.75, 3.05) is 13.2 Å². The highest BCUT2D eigenvalue weighted by atomic mass is 35.5. The molecule has 0 saturated heterocycles. The maximum Gasteiger partial charge on any atom is 0.123 e. The highest BCUT2D eigenvalue weighted by Gasteiger charge is 2.56. The minimum absolute atomic E-state index is 0. The van der Waals surface area contributed by atoms with Gasteiger partial charge in [0.15, 0.2) is 0 Å². The summed E-state index contributed by atoms with van der Waals surface area (Å²) in [5.74, 6) is 1.77. The number of ether oxygens (including phenoxy) is 1. The minimum Gasteiger partial charge on any atom is -0.493 e. The zero-order valence-corrected chi connectivity index (χ0v) is 9.43. The van der Waals surface area contributed by atoms with Crippen LogP contribution >= 0.6 is 12.4 Å². The van der Waals surface area contributed by atoms with Gasteiger partial charge in [0.05, 0.1) is 6.61 Å². The quantitative estimate of drug-likeness (QED) is 0.795. The predicted octanol–water partition coefficient (Wildman–Crippen LogP) is 2.11. The fraction of sp³-hybridized carbons (Fsp3) is 0.500. The highest BCUT2D eigenvalue weighted by molar-refractivity contribution is 5.85. The van der Waals surface area contributed by atoms with Gasteiger partial charge in [-0.3, -0.25) is 0 Å². The molecule has 2 atom stereocenters. The Bertz CT molecular complexity index is 368. The SMILES string of the molecule is Cl.NCC1CC12CCOc1ccccc12. The van der Waals surface area contributed by atoms with Crippen LogP contribution in [0.25, 0.3) is 0 Å². The molecule has 2 nitrogen and oxygen atoms in total. The van der Waals surface area contributed by atoms with Crippen LogP contribution in [0, 0.1) is 5.92 Å². The third kappa shape index (κ3) is 1.44. The van der Waals surface area contributed by atoms with Gasteiger partial charge in [0, 0.05) is 11.0 Å². The van der Waals surface area contributed by atoms with Gasteiger partial charge in [-0.1, -0.05) is 18.2 Å². The molecule has 1 aliphatic carbocycles. The number of hydrogen-bond donors (Lipinski definition) is 1. The molecule has 3 heteroatoms. The van der Waals surface area contributed by atoms with Crippen molar-refractivity contribution in [2.24, 2.45) is 11.7 Å². The topological polar surface area (TPSA) is 35.2 Å². The zero-order chi connectivity index (χ0) is 9.60. The number of fused-ring (bicyclic) bond motifs is 2. The molecule has 3 rings (SSSR count). The van der Waals surface area contributed by atoms with E-state index in [-0.39, 0.29) is 12.4 Å². The van der Waals surface area contributed by atoms with E-state index >= 15 is 0 Å². The van der Waals surface area contributed by atoms with Crippen molar-refractivity contribution in [3.8, 4) is 5.75 Å². The van der Waals surface area contributed by atoms with E-state index < -0.39 is 0 Å². The molecular formula is C12H16ClNO. The number of benzene rings is 1. The van der Waals surface area contributed by atoms with Crippen LogP contribution in [-0.4, -0.2) is 13.2 Å². The number of halogens is 1. The molecule has 1 fully saturated rings. The molecule has 0 amide bonds. The lowest BCUT2D eigenvalue weighted by Crippen LogP contribution is -2.23. The van der Waals surface area contributed by atoms with Crippen molar-refractivity contribution < 1.29 is 4.74 Å². The van der Waals surface area contributed by atoms with E-state index in [0.717, 1.165) is 25.3 Å². The van der Waals surface area contributed by atoms with Crippen LogP contribution < -0.4 is 10.5 Å². The molecule has 2 aliphatic rings. The van der Waals surface area contributed by atoms with Crippen LogP contribution in [0.3, 0.4) is 0 Å². The van der Waals surface area contributed by atoms with Crippen molar-refractivity contribution in [3.63, 3.8) is 0 Å². The first-order chi connectivity index (χ1) is 6.87. The molecule has 0 radical (unpaired) electrons. The van der Waals surface area contributed by atoms with Gasteiger partial charge >= 0.3 is 0 Å². The first kappa shape index (κ1) is 10.8. The van der Waals surface area contributed by atoms with Crippen molar-refractivity contribution in [1.82, 2.24) is 0 Å². The molecule has 1 saturated carbocycles. The van der Waals surface area contributed by atoms with E-state index in [4.69, 9.17) is 10.5 Å². The average molecular weight is 226 g/mol. The average Bonchev–Trinajstić information content (AvgIpc) is 2.94. The minimum atomic E-state index is 0. The molecule has 1 spiro atoms. The van der Waals surface area contributed by atoms with Crippen LogP contribution in [-0.2, 0) is 5.41 Å². The van der Waals surface area contributed by atoms with Gasteiger partial charge in [0.1, 0.15) is 5.75 Å². The summed E-state index contributed by atoms with van der Waals surface area (Å²) in [6, 6.07) is 8.41. The second-order valence-electron chi connectivity index (χ2n) is 4.39. The van der Waals surface area contributed by atoms with E-state index in [1.165, 1.54) is 12.0 Å². The van der Waals surface area contributed by atoms with Gasteiger partial charge in [0.25, 0.3) is 0 Å². The summed E-state index contributed by atoms with van der Waals surface area (Å²) >= 11 is 0. The second-order valence-corrected chi connectivity index (χ2v) is 4.39. The van der Waals surface area contributed by atoms with Gasteiger partial charge in [-0.05, 0) is 31.4 Å². The Hall–Kier alpha value is -0.730. The molecule has 1 aromatic carbocycles. The number of rotatable bonds is 1. The second kappa shape index (κ2) is 3.69. The van der Waals surface area contributed by atoms with Crippen LogP contribution in [0.2, 0.25) is 0 Å². The Morgan fingerprint density at radius 2 is 2.20 bits per heavy atom. The number of para-hydroxylation sites is 1. The van der Waals surface area contributed by atoms with Crippen molar-refractivity contribution in [1.29, 1.82) is 0 Å². The van der Waals surface area contributed by atoms with E-state index in [1.54, 1.807) is 0 Å². The highest BCUT2D eigenvalue weighted by Crippen LogP contribution is 2.59. The van der Waals surface area contributed by atoms with Crippen molar-refractivity contribution >= 4 is 12.4 Å². The Balaban J connectivity index is 0.000000853. The summed E-state index contributed by atoms with van der Waals surface area (Å²) in [5.41, 5.74) is 7.52. The molecular weight excluding hydrogens is 210 g/mol. The summed E-state index contributed by atoms with van der Waals surface area (Å²) < 4.78 is 5.65. The standard InChI is InChI=1S/C12H15NO.ClH/c13-8-9-7-12(9)5-6-14-11-4-2-1-3-10(11)12;/h1-4,9H,5-8,13H2;1H. The molecule has 15 heavy (non-hydrogen) atoms. The summed E-state index contributed by atoms with van der Waals surface area (Å²) in [7, 11) is 0. The molecule has 1 heterocycles. The smallest absolute Gasteiger partial charge is 0.123 e. The number of nitrogens with two attached hydrogens (primary N) is 1. The molecule has 2 unspecified atom stereocenters. The van der Waals surface area contributed by atoms with E-state index in [1.807, 2.05) is 6.07 Å². The van der Waals surface area contributed by atoms with Gasteiger partial charge < -0.3 is 10.5 Å². The van der Waals surface area contributed by atoms with E-state index in [0.29, 0.717) is 11.3 Å². The molecule has 2 N–H and O–H groups in total. The monoisotopic (exact) mass is 225 g/mol. The summed E-state index contributed by atoms with van der Waals surface area (Å²) in [5, 5.41) is 0. The summed E-state index contributed by atoms with van der Waals surface area (Å²) in [6.45, 7) is 1.67. The third-order valence-electron chi connectivity index (χ3n) is 3.75. The molecule has 0 aromatic heterocycles. The first-order valence-corrected chi connectivity index (χ1v) is 5.29. The van der Waals surface area contributed by atoms with Crippen molar-refractivity contribution in [2.45, 2.75) is 18.3 Å². The number of hydrogen-bond acceptors (Lipinski definition) is 2. The Morgan fingerprint density at radius 1 is 1.40 bits per heavy atom. The lowest BCUT2D eigenvalue weighted by molar-refractivity contribution is 0.254. The molecule has 0 bridgehead atoms. The zero-order valence-electron chi connectivity index (χ0n) is 8.61. The van der Waals surface area contributed by atoms with Crippen molar-refractivity contribution in [3.05, 3.63) is 29.8 Å². The third-order valence-corrected chi connectivity index (χ3v) is 3.75. The molecule has 82 valence electrons. The lowest BCUT2D eigenvalue weighted by atomic mass is 9.87. The molecule has 1 aromatic rings. The van der Waals surface area contributed by atoms with Crippen LogP contribution in [0.5, 0.6) is 5.75 Å². The Morgan fingerprint density at radius 3 is 2.93 bits per heavy atom. The Labute approximate surface area is 96.2 Å². The largest absolute Gasteiger partial charge is 0.493 e. The van der Waals surface area contributed by atoms with Crippen LogP contribution in [0.15, 0.2) is 24.3 Å². The maximum absolute atomic E-state index is 5.76. The van der Waals surface area contributed by atoms with Gasteiger partial charge in [-0.25, -0.2) is 0 Å². The van der Waals surface area contributed by atoms with Gasteiger partial charge in [-0.15, -0.1) is 12.4 Å². The Kier molecular flexibility index (Phi) is 2.65. The first-order valence-electron chi connectivity index (χ1n) is 5.29. The predicted molar refractivity (Wildman–Crippen MR) is 62.6 cm³/mol. The summed E-state index contributed by atoms with van der Waals surface area (Å²) in [4.78, 5) is 0. The van der Waals surface area contributed by atoms with Crippen LogP contribution in [0.4, 0.5) is 0 Å².